The number of esters is 1. The summed E-state index contributed by atoms with van der Waals surface area (Å²) in [5, 5.41) is 2.12. The molecule has 108 valence electrons. The second-order valence-corrected chi connectivity index (χ2v) is 5.24. The third kappa shape index (κ3) is 2.49. The van der Waals surface area contributed by atoms with Gasteiger partial charge in [-0.1, -0.05) is 30.3 Å². The fourth-order valence-corrected chi connectivity index (χ4v) is 2.88. The number of carbonyl (C=O) groups excluding carboxylic acids is 2. The molecular formula is C17H17NO3. The highest BCUT2D eigenvalue weighted by molar-refractivity contribution is 6.00. The monoisotopic (exact) mass is 283 g/mol. The predicted octanol–water partition coefficient (Wildman–Crippen LogP) is 2.62. The van der Waals surface area contributed by atoms with E-state index < -0.39 is 6.04 Å². The van der Waals surface area contributed by atoms with Crippen LogP contribution in [0, 0.1) is 0 Å². The minimum atomic E-state index is -0.450. The maximum atomic E-state index is 12.6. The van der Waals surface area contributed by atoms with Crippen LogP contribution in [0.15, 0.2) is 42.5 Å². The van der Waals surface area contributed by atoms with Crippen molar-refractivity contribution in [2.45, 2.75) is 18.9 Å². The lowest BCUT2D eigenvalue weighted by molar-refractivity contribution is -0.145. The number of fused-ring (bicyclic) bond motifs is 1. The number of hydrogen-bond acceptors (Lipinski definition) is 3. The molecule has 1 aliphatic heterocycles. The maximum Gasteiger partial charge on any atom is 0.328 e. The lowest BCUT2D eigenvalue weighted by Gasteiger charge is -2.22. The Balaban J connectivity index is 1.91. The van der Waals surface area contributed by atoms with Gasteiger partial charge in [0.05, 0.1) is 7.11 Å². The molecule has 0 N–H and O–H groups in total. The molecule has 4 heteroatoms. The Morgan fingerprint density at radius 1 is 1.14 bits per heavy atom. The SMILES string of the molecule is COC(=O)[C@@H]1CCCN1C(=O)c1ccc2ccccc2c1. The van der Waals surface area contributed by atoms with Crippen LogP contribution in [0.4, 0.5) is 0 Å². The number of methoxy groups -OCH3 is 1. The third-order valence-electron chi connectivity index (χ3n) is 3.98. The second kappa shape index (κ2) is 5.56. The predicted molar refractivity (Wildman–Crippen MR) is 80.0 cm³/mol. The number of hydrogen-bond donors (Lipinski definition) is 0. The largest absolute Gasteiger partial charge is 0.467 e. The number of rotatable bonds is 2. The molecule has 1 heterocycles. The summed E-state index contributed by atoms with van der Waals surface area (Å²) in [7, 11) is 1.36. The zero-order chi connectivity index (χ0) is 14.8. The number of benzene rings is 2. The summed E-state index contributed by atoms with van der Waals surface area (Å²) in [6, 6.07) is 13.1. The number of carbonyl (C=O) groups is 2. The minimum absolute atomic E-state index is 0.103. The first-order valence-electron chi connectivity index (χ1n) is 7.08. The molecule has 0 saturated carbocycles. The summed E-state index contributed by atoms with van der Waals surface area (Å²) >= 11 is 0. The number of amides is 1. The molecule has 0 spiro atoms. The summed E-state index contributed by atoms with van der Waals surface area (Å²) in [6.45, 7) is 0.603. The smallest absolute Gasteiger partial charge is 0.328 e. The molecule has 1 amide bonds. The van der Waals surface area contributed by atoms with Gasteiger partial charge in [0, 0.05) is 12.1 Å². The van der Waals surface area contributed by atoms with Gasteiger partial charge < -0.3 is 9.64 Å². The van der Waals surface area contributed by atoms with Crippen molar-refractivity contribution in [3.63, 3.8) is 0 Å². The van der Waals surface area contributed by atoms with Gasteiger partial charge in [-0.3, -0.25) is 4.79 Å². The van der Waals surface area contributed by atoms with E-state index in [1.54, 1.807) is 4.90 Å². The summed E-state index contributed by atoms with van der Waals surface area (Å²) in [4.78, 5) is 26.0. The van der Waals surface area contributed by atoms with Gasteiger partial charge in [0.1, 0.15) is 6.04 Å². The third-order valence-corrected chi connectivity index (χ3v) is 3.98. The highest BCUT2D eigenvalue weighted by Gasteiger charge is 2.35. The highest BCUT2D eigenvalue weighted by Crippen LogP contribution is 2.23. The van der Waals surface area contributed by atoms with Crippen LogP contribution in [-0.4, -0.2) is 36.5 Å². The molecule has 1 atom stereocenters. The van der Waals surface area contributed by atoms with Crippen LogP contribution in [0.1, 0.15) is 23.2 Å². The Morgan fingerprint density at radius 3 is 2.67 bits per heavy atom. The van der Waals surface area contributed by atoms with Crippen molar-refractivity contribution in [3.05, 3.63) is 48.0 Å². The highest BCUT2D eigenvalue weighted by atomic mass is 16.5. The molecule has 0 radical (unpaired) electrons. The second-order valence-electron chi connectivity index (χ2n) is 5.24. The first-order valence-corrected chi connectivity index (χ1v) is 7.08. The molecule has 0 unspecified atom stereocenters. The Labute approximate surface area is 123 Å². The first kappa shape index (κ1) is 13.6. The van der Waals surface area contributed by atoms with E-state index in [1.807, 2.05) is 42.5 Å². The Morgan fingerprint density at radius 2 is 1.90 bits per heavy atom. The molecule has 1 fully saturated rings. The van der Waals surface area contributed by atoms with E-state index in [1.165, 1.54) is 7.11 Å². The van der Waals surface area contributed by atoms with Crippen LogP contribution >= 0.6 is 0 Å². The van der Waals surface area contributed by atoms with Gasteiger partial charge >= 0.3 is 5.97 Å². The average molecular weight is 283 g/mol. The molecule has 0 aliphatic carbocycles. The number of nitrogens with zero attached hydrogens (tertiary/aromatic N) is 1. The Hall–Kier alpha value is -2.36. The molecule has 0 aromatic heterocycles. The summed E-state index contributed by atoms with van der Waals surface area (Å²) in [6.07, 6.45) is 1.51. The van der Waals surface area contributed by atoms with Gasteiger partial charge in [0.15, 0.2) is 0 Å². The van der Waals surface area contributed by atoms with Crippen LogP contribution in [-0.2, 0) is 9.53 Å². The van der Waals surface area contributed by atoms with Crippen molar-refractivity contribution in [2.24, 2.45) is 0 Å². The van der Waals surface area contributed by atoms with E-state index in [0.29, 0.717) is 18.5 Å². The first-order chi connectivity index (χ1) is 10.2. The van der Waals surface area contributed by atoms with Crippen LogP contribution in [0.3, 0.4) is 0 Å². The van der Waals surface area contributed by atoms with Crippen LogP contribution in [0.25, 0.3) is 10.8 Å². The van der Waals surface area contributed by atoms with E-state index in [4.69, 9.17) is 4.74 Å². The van der Waals surface area contributed by atoms with Crippen molar-refractivity contribution < 1.29 is 14.3 Å². The lowest BCUT2D eigenvalue weighted by atomic mass is 10.1. The van der Waals surface area contributed by atoms with Crippen LogP contribution < -0.4 is 0 Å². The Bertz CT molecular complexity index is 695. The van der Waals surface area contributed by atoms with Crippen molar-refractivity contribution in [1.82, 2.24) is 4.90 Å². The molecule has 3 rings (SSSR count). The quantitative estimate of drug-likeness (QED) is 0.796. The summed E-state index contributed by atoms with van der Waals surface area (Å²) < 4.78 is 4.79. The zero-order valence-corrected chi connectivity index (χ0v) is 11.9. The fraction of sp³-hybridized carbons (Fsp3) is 0.294. The summed E-state index contributed by atoms with van der Waals surface area (Å²) in [5.74, 6) is -0.435. The van der Waals surface area contributed by atoms with Gasteiger partial charge in [0.25, 0.3) is 5.91 Å². The average Bonchev–Trinajstić information content (AvgIpc) is 3.02. The van der Waals surface area contributed by atoms with Crippen LogP contribution in [0.5, 0.6) is 0 Å². The lowest BCUT2D eigenvalue weighted by Crippen LogP contribution is -2.41. The topological polar surface area (TPSA) is 46.6 Å². The molecule has 1 aliphatic rings. The molecule has 4 nitrogen and oxygen atoms in total. The van der Waals surface area contributed by atoms with E-state index in [2.05, 4.69) is 0 Å². The van der Waals surface area contributed by atoms with E-state index >= 15 is 0 Å². The minimum Gasteiger partial charge on any atom is -0.467 e. The van der Waals surface area contributed by atoms with Gasteiger partial charge in [-0.2, -0.15) is 0 Å². The van der Waals surface area contributed by atoms with Crippen molar-refractivity contribution in [3.8, 4) is 0 Å². The maximum absolute atomic E-state index is 12.6. The van der Waals surface area contributed by atoms with Crippen molar-refractivity contribution >= 4 is 22.6 Å². The molecule has 2 aromatic carbocycles. The molecule has 2 aromatic rings. The normalized spacial score (nSPS) is 18.0. The van der Waals surface area contributed by atoms with Gasteiger partial charge in [-0.15, -0.1) is 0 Å². The van der Waals surface area contributed by atoms with Crippen molar-refractivity contribution in [1.29, 1.82) is 0 Å². The molecule has 0 bridgehead atoms. The van der Waals surface area contributed by atoms with E-state index in [0.717, 1.165) is 17.2 Å². The summed E-state index contributed by atoms with van der Waals surface area (Å²) in [5.41, 5.74) is 0.615. The molecule has 21 heavy (non-hydrogen) atoms. The molecule has 1 saturated heterocycles. The Kier molecular flexibility index (Phi) is 3.60. The van der Waals surface area contributed by atoms with Crippen molar-refractivity contribution in [2.75, 3.05) is 13.7 Å². The fourth-order valence-electron chi connectivity index (χ4n) is 2.88. The van der Waals surface area contributed by atoms with Gasteiger partial charge in [-0.25, -0.2) is 4.79 Å². The standard InChI is InChI=1S/C17H17NO3/c1-21-17(20)15-7-4-10-18(15)16(19)14-9-8-12-5-2-3-6-13(12)11-14/h2-3,5-6,8-9,11,15H,4,7,10H2,1H3/t15-/m0/s1. The van der Waals surface area contributed by atoms with Gasteiger partial charge in [0.2, 0.25) is 0 Å². The number of ether oxygens (including phenoxy) is 1. The van der Waals surface area contributed by atoms with E-state index in [-0.39, 0.29) is 11.9 Å². The van der Waals surface area contributed by atoms with Gasteiger partial charge in [-0.05, 0) is 35.7 Å². The zero-order valence-electron chi connectivity index (χ0n) is 11.9. The van der Waals surface area contributed by atoms with E-state index in [9.17, 15) is 9.59 Å². The molecular weight excluding hydrogens is 266 g/mol. The number of likely N-dealkylation sites (tertiary alicyclic amines) is 1. The van der Waals surface area contributed by atoms with Crippen LogP contribution in [0.2, 0.25) is 0 Å².